The maximum absolute atomic E-state index is 5.77. The number of allylic oxidation sites excluding steroid dienone is 4. The second kappa shape index (κ2) is 3.58. The predicted octanol–water partition coefficient (Wildman–Crippen LogP) is 3.35. The highest BCUT2D eigenvalue weighted by molar-refractivity contribution is 5.48. The first kappa shape index (κ1) is 10.0. The van der Waals surface area contributed by atoms with Crippen molar-refractivity contribution in [3.8, 4) is 0 Å². The van der Waals surface area contributed by atoms with Gasteiger partial charge in [-0.05, 0) is 36.6 Å². The van der Waals surface area contributed by atoms with E-state index >= 15 is 0 Å². The fourth-order valence-electron chi connectivity index (χ4n) is 2.25. The molecule has 0 aromatic heterocycles. The average molecular weight is 199 g/mol. The van der Waals surface area contributed by atoms with Crippen LogP contribution in [0, 0.1) is 6.92 Å². The summed E-state index contributed by atoms with van der Waals surface area (Å²) in [7, 11) is 0. The van der Waals surface area contributed by atoms with Crippen molar-refractivity contribution in [1.82, 2.24) is 0 Å². The number of benzene rings is 1. The van der Waals surface area contributed by atoms with Gasteiger partial charge in [-0.25, -0.2) is 0 Å². The van der Waals surface area contributed by atoms with Crippen LogP contribution >= 0.6 is 0 Å². The lowest BCUT2D eigenvalue weighted by Gasteiger charge is -2.29. The molecule has 0 saturated heterocycles. The molecule has 1 aliphatic rings. The van der Waals surface area contributed by atoms with Crippen molar-refractivity contribution in [3.05, 3.63) is 53.6 Å². The number of nitrogens with two attached hydrogens (primary N) is 1. The Hall–Kier alpha value is -1.50. The summed E-state index contributed by atoms with van der Waals surface area (Å²) >= 11 is 0. The SMILES string of the molecule is Cc1cc(N)ccc1C1(C)C=CC=CC1. The molecule has 0 spiro atoms. The van der Waals surface area contributed by atoms with Gasteiger partial charge in [-0.2, -0.15) is 0 Å². The van der Waals surface area contributed by atoms with Gasteiger partial charge >= 0.3 is 0 Å². The number of aryl methyl sites for hydroxylation is 1. The maximum Gasteiger partial charge on any atom is 0.0316 e. The Bertz CT molecular complexity index is 429. The lowest BCUT2D eigenvalue weighted by molar-refractivity contribution is 0.596. The van der Waals surface area contributed by atoms with E-state index in [1.54, 1.807) is 0 Å². The van der Waals surface area contributed by atoms with Gasteiger partial charge in [0.25, 0.3) is 0 Å². The van der Waals surface area contributed by atoms with Crippen LogP contribution in [0.15, 0.2) is 42.5 Å². The minimum Gasteiger partial charge on any atom is -0.399 e. The molecular formula is C14H17N. The van der Waals surface area contributed by atoms with Gasteiger partial charge in [-0.15, -0.1) is 0 Å². The van der Waals surface area contributed by atoms with Crippen LogP contribution in [0.5, 0.6) is 0 Å². The van der Waals surface area contributed by atoms with Gasteiger partial charge in [0.1, 0.15) is 0 Å². The molecule has 1 atom stereocenters. The Morgan fingerprint density at radius 3 is 2.67 bits per heavy atom. The molecule has 1 aliphatic carbocycles. The molecule has 1 aromatic carbocycles. The highest BCUT2D eigenvalue weighted by Gasteiger charge is 2.24. The molecule has 0 aliphatic heterocycles. The van der Waals surface area contributed by atoms with Crippen molar-refractivity contribution in [2.45, 2.75) is 25.7 Å². The summed E-state index contributed by atoms with van der Waals surface area (Å²) in [5.74, 6) is 0. The summed E-state index contributed by atoms with van der Waals surface area (Å²) in [5, 5.41) is 0. The molecule has 78 valence electrons. The summed E-state index contributed by atoms with van der Waals surface area (Å²) in [5.41, 5.74) is 9.39. The molecule has 1 aromatic rings. The van der Waals surface area contributed by atoms with E-state index in [0.29, 0.717) is 0 Å². The molecular weight excluding hydrogens is 182 g/mol. The minimum absolute atomic E-state index is 0.131. The van der Waals surface area contributed by atoms with E-state index in [2.05, 4.69) is 44.2 Å². The van der Waals surface area contributed by atoms with Crippen LogP contribution in [0.3, 0.4) is 0 Å². The molecule has 0 radical (unpaired) electrons. The third-order valence-corrected chi connectivity index (χ3v) is 3.12. The van der Waals surface area contributed by atoms with Crippen LogP contribution in [0.2, 0.25) is 0 Å². The van der Waals surface area contributed by atoms with Crippen LogP contribution in [0.1, 0.15) is 24.5 Å². The zero-order valence-electron chi connectivity index (χ0n) is 9.33. The molecule has 0 heterocycles. The molecule has 15 heavy (non-hydrogen) atoms. The third-order valence-electron chi connectivity index (χ3n) is 3.12. The summed E-state index contributed by atoms with van der Waals surface area (Å²) in [6.07, 6.45) is 9.78. The van der Waals surface area contributed by atoms with Gasteiger partial charge in [0.2, 0.25) is 0 Å². The summed E-state index contributed by atoms with van der Waals surface area (Å²) in [4.78, 5) is 0. The largest absolute Gasteiger partial charge is 0.399 e. The van der Waals surface area contributed by atoms with Gasteiger partial charge < -0.3 is 5.73 Å². The smallest absolute Gasteiger partial charge is 0.0316 e. The number of rotatable bonds is 1. The molecule has 0 amide bonds. The van der Waals surface area contributed by atoms with Crippen LogP contribution in [-0.4, -0.2) is 0 Å². The number of hydrogen-bond acceptors (Lipinski definition) is 1. The molecule has 0 saturated carbocycles. The Morgan fingerprint density at radius 1 is 1.27 bits per heavy atom. The Balaban J connectivity index is 2.45. The molecule has 2 rings (SSSR count). The summed E-state index contributed by atoms with van der Waals surface area (Å²) in [6, 6.07) is 6.18. The normalized spacial score (nSPS) is 24.4. The second-order valence-electron chi connectivity index (χ2n) is 4.48. The van der Waals surface area contributed by atoms with Crippen molar-refractivity contribution in [3.63, 3.8) is 0 Å². The summed E-state index contributed by atoms with van der Waals surface area (Å²) < 4.78 is 0. The first-order valence-corrected chi connectivity index (χ1v) is 5.33. The molecule has 1 unspecified atom stereocenters. The topological polar surface area (TPSA) is 26.0 Å². The van der Waals surface area contributed by atoms with Gasteiger partial charge in [-0.1, -0.05) is 37.3 Å². The highest BCUT2D eigenvalue weighted by Crippen LogP contribution is 2.34. The monoisotopic (exact) mass is 199 g/mol. The van der Waals surface area contributed by atoms with Crippen molar-refractivity contribution < 1.29 is 0 Å². The Morgan fingerprint density at radius 2 is 2.07 bits per heavy atom. The number of anilines is 1. The Kier molecular flexibility index (Phi) is 2.39. The fraction of sp³-hybridized carbons (Fsp3) is 0.286. The van der Waals surface area contributed by atoms with Crippen molar-refractivity contribution >= 4 is 5.69 Å². The van der Waals surface area contributed by atoms with E-state index in [9.17, 15) is 0 Å². The van der Waals surface area contributed by atoms with E-state index in [-0.39, 0.29) is 5.41 Å². The number of hydrogen-bond donors (Lipinski definition) is 1. The molecule has 0 fully saturated rings. The fourth-order valence-corrected chi connectivity index (χ4v) is 2.25. The average Bonchev–Trinajstić information content (AvgIpc) is 2.18. The maximum atomic E-state index is 5.77. The molecule has 0 bridgehead atoms. The minimum atomic E-state index is 0.131. The van der Waals surface area contributed by atoms with Crippen LogP contribution in [0.4, 0.5) is 5.69 Å². The first-order valence-electron chi connectivity index (χ1n) is 5.33. The summed E-state index contributed by atoms with van der Waals surface area (Å²) in [6.45, 7) is 4.40. The van der Waals surface area contributed by atoms with Crippen LogP contribution in [-0.2, 0) is 5.41 Å². The second-order valence-corrected chi connectivity index (χ2v) is 4.48. The van der Waals surface area contributed by atoms with E-state index in [4.69, 9.17) is 5.73 Å². The Labute approximate surface area is 91.3 Å². The zero-order valence-corrected chi connectivity index (χ0v) is 9.33. The van der Waals surface area contributed by atoms with Gasteiger partial charge in [0.05, 0.1) is 0 Å². The quantitative estimate of drug-likeness (QED) is 0.690. The standard InChI is InChI=1S/C14H17N/c1-11-10-12(15)6-7-13(11)14(2)8-4-3-5-9-14/h3-8,10H,9,15H2,1-2H3. The zero-order chi connectivity index (χ0) is 10.9. The van der Waals surface area contributed by atoms with Crippen molar-refractivity contribution in [2.24, 2.45) is 0 Å². The molecule has 1 heteroatoms. The number of nitrogen functional groups attached to an aromatic ring is 1. The molecule has 1 nitrogen and oxygen atoms in total. The predicted molar refractivity (Wildman–Crippen MR) is 65.8 cm³/mol. The van der Waals surface area contributed by atoms with E-state index in [1.165, 1.54) is 11.1 Å². The highest BCUT2D eigenvalue weighted by atomic mass is 14.5. The third kappa shape index (κ3) is 1.82. The van der Waals surface area contributed by atoms with Gasteiger partial charge in [0, 0.05) is 11.1 Å². The van der Waals surface area contributed by atoms with E-state index < -0.39 is 0 Å². The van der Waals surface area contributed by atoms with Crippen molar-refractivity contribution in [2.75, 3.05) is 5.73 Å². The van der Waals surface area contributed by atoms with Gasteiger partial charge in [-0.3, -0.25) is 0 Å². The van der Waals surface area contributed by atoms with Gasteiger partial charge in [0.15, 0.2) is 0 Å². The van der Waals surface area contributed by atoms with Crippen molar-refractivity contribution in [1.29, 1.82) is 0 Å². The van der Waals surface area contributed by atoms with Crippen LogP contribution in [0.25, 0.3) is 0 Å². The van der Waals surface area contributed by atoms with E-state index in [1.807, 2.05) is 12.1 Å². The van der Waals surface area contributed by atoms with E-state index in [0.717, 1.165) is 12.1 Å². The lowest BCUT2D eigenvalue weighted by atomic mass is 9.75. The lowest BCUT2D eigenvalue weighted by Crippen LogP contribution is -2.20. The molecule has 2 N–H and O–H groups in total. The first-order chi connectivity index (χ1) is 7.12. The van der Waals surface area contributed by atoms with Crippen LogP contribution < -0.4 is 5.73 Å².